The van der Waals surface area contributed by atoms with E-state index in [1.54, 1.807) is 44.2 Å². The minimum absolute atomic E-state index is 0.0402. The van der Waals surface area contributed by atoms with Gasteiger partial charge in [0, 0.05) is 11.6 Å². The average molecular weight is 512 g/mol. The van der Waals surface area contributed by atoms with E-state index in [4.69, 9.17) is 11.6 Å². The molecule has 1 aliphatic heterocycles. The molecule has 1 heterocycles. The van der Waals surface area contributed by atoms with Gasteiger partial charge in [0.1, 0.15) is 6.04 Å². The summed E-state index contributed by atoms with van der Waals surface area (Å²) in [7, 11) is -4.20. The zero-order valence-corrected chi connectivity index (χ0v) is 21.0. The summed E-state index contributed by atoms with van der Waals surface area (Å²) in [4.78, 5) is 25.9. The summed E-state index contributed by atoms with van der Waals surface area (Å²) in [6.07, 6.45) is 0.303. The molecule has 2 amide bonds. The van der Waals surface area contributed by atoms with Gasteiger partial charge in [-0.05, 0) is 61.2 Å². The van der Waals surface area contributed by atoms with Gasteiger partial charge in [-0.15, -0.1) is 0 Å². The molecule has 35 heavy (non-hydrogen) atoms. The number of nitrogens with one attached hydrogen (secondary N) is 2. The van der Waals surface area contributed by atoms with Crippen LogP contribution in [0, 0.1) is 13.8 Å². The molecule has 0 radical (unpaired) electrons. The number of rotatable bonds is 7. The lowest BCUT2D eigenvalue weighted by molar-refractivity contribution is -0.125. The summed E-state index contributed by atoms with van der Waals surface area (Å²) in [5, 5.41) is 6.00. The van der Waals surface area contributed by atoms with Crippen LogP contribution in [0.2, 0.25) is 5.02 Å². The van der Waals surface area contributed by atoms with Gasteiger partial charge in [0.2, 0.25) is 11.8 Å². The topological polar surface area (TPSA) is 95.6 Å². The molecule has 1 aliphatic rings. The van der Waals surface area contributed by atoms with Gasteiger partial charge in [0.15, 0.2) is 0 Å². The third kappa shape index (κ3) is 5.18. The van der Waals surface area contributed by atoms with Crippen LogP contribution in [0.25, 0.3) is 0 Å². The van der Waals surface area contributed by atoms with E-state index in [0.29, 0.717) is 40.5 Å². The van der Waals surface area contributed by atoms with Crippen molar-refractivity contribution in [3.05, 3.63) is 88.4 Å². The van der Waals surface area contributed by atoms with Gasteiger partial charge in [-0.25, -0.2) is 8.42 Å². The molecule has 4 rings (SSSR count). The van der Waals surface area contributed by atoms with Crippen LogP contribution < -0.4 is 14.9 Å². The smallest absolute Gasteiger partial charge is 0.265 e. The summed E-state index contributed by atoms with van der Waals surface area (Å²) >= 11 is 6.19. The first kappa shape index (κ1) is 24.8. The molecule has 182 valence electrons. The Balaban J connectivity index is 1.65. The molecule has 0 aliphatic carbocycles. The number of hydrogen-bond donors (Lipinski definition) is 2. The van der Waals surface area contributed by atoms with Crippen LogP contribution in [-0.2, 0) is 26.0 Å². The Morgan fingerprint density at radius 2 is 1.71 bits per heavy atom. The lowest BCUT2D eigenvalue weighted by atomic mass is 10.1. The summed E-state index contributed by atoms with van der Waals surface area (Å²) in [6.45, 7) is 3.74. The number of hydrogen-bond acceptors (Lipinski definition) is 4. The van der Waals surface area contributed by atoms with Crippen LogP contribution >= 0.6 is 11.6 Å². The summed E-state index contributed by atoms with van der Waals surface area (Å²) in [5.41, 5.74) is 2.79. The molecule has 3 aromatic carbocycles. The number of amides is 2. The molecule has 0 unspecified atom stereocenters. The van der Waals surface area contributed by atoms with Crippen LogP contribution in [-0.4, -0.2) is 32.8 Å². The Kier molecular flexibility index (Phi) is 7.14. The Labute approximate surface area is 210 Å². The molecule has 3 aromatic rings. The highest BCUT2D eigenvalue weighted by molar-refractivity contribution is 7.93. The number of sulfonamides is 1. The summed E-state index contributed by atoms with van der Waals surface area (Å²) in [6, 6.07) is 18.2. The summed E-state index contributed by atoms with van der Waals surface area (Å²) in [5.74, 6) is -0.974. The van der Waals surface area contributed by atoms with Gasteiger partial charge in [-0.3, -0.25) is 13.9 Å². The number of nitrogens with zero attached hydrogens (tertiary/aromatic N) is 1. The van der Waals surface area contributed by atoms with Gasteiger partial charge in [-0.2, -0.15) is 0 Å². The molecule has 2 N–H and O–H groups in total. The van der Waals surface area contributed by atoms with Crippen LogP contribution in [0.5, 0.6) is 0 Å². The highest BCUT2D eigenvalue weighted by atomic mass is 35.5. The second-order valence-corrected chi connectivity index (χ2v) is 10.7. The van der Waals surface area contributed by atoms with E-state index >= 15 is 0 Å². The Morgan fingerprint density at radius 3 is 2.46 bits per heavy atom. The molecule has 0 bridgehead atoms. The van der Waals surface area contributed by atoms with Crippen LogP contribution in [0.4, 0.5) is 11.4 Å². The van der Waals surface area contributed by atoms with Gasteiger partial charge >= 0.3 is 0 Å². The number of carbonyl (C=O) groups is 2. The number of benzene rings is 3. The van der Waals surface area contributed by atoms with Crippen molar-refractivity contribution in [3.63, 3.8) is 0 Å². The van der Waals surface area contributed by atoms with Gasteiger partial charge < -0.3 is 10.6 Å². The first-order valence-electron chi connectivity index (χ1n) is 11.2. The van der Waals surface area contributed by atoms with E-state index < -0.39 is 27.9 Å². The number of fused-ring (bicyclic) bond motifs is 1. The first-order valence-corrected chi connectivity index (χ1v) is 13.0. The minimum Gasteiger partial charge on any atom is -0.356 e. The highest BCUT2D eigenvalue weighted by Gasteiger charge is 2.42. The fraction of sp³-hybridized carbons (Fsp3) is 0.231. The van der Waals surface area contributed by atoms with Crippen molar-refractivity contribution in [2.24, 2.45) is 0 Å². The third-order valence-electron chi connectivity index (χ3n) is 5.94. The van der Waals surface area contributed by atoms with Crippen molar-refractivity contribution in [3.8, 4) is 0 Å². The number of halogens is 1. The maximum absolute atomic E-state index is 13.9. The molecule has 0 spiro atoms. The Hall–Kier alpha value is -3.36. The Morgan fingerprint density at radius 1 is 1.03 bits per heavy atom. The van der Waals surface area contributed by atoms with Crippen molar-refractivity contribution in [1.29, 1.82) is 0 Å². The third-order valence-corrected chi connectivity index (χ3v) is 8.31. The monoisotopic (exact) mass is 511 g/mol. The van der Waals surface area contributed by atoms with Crippen molar-refractivity contribution >= 4 is 44.8 Å². The maximum atomic E-state index is 13.9. The normalized spacial score (nSPS) is 15.3. The van der Waals surface area contributed by atoms with Crippen molar-refractivity contribution < 1.29 is 18.0 Å². The second-order valence-electron chi connectivity index (χ2n) is 8.48. The zero-order valence-electron chi connectivity index (χ0n) is 19.4. The fourth-order valence-corrected chi connectivity index (χ4v) is 6.26. The van der Waals surface area contributed by atoms with Crippen LogP contribution in [0.1, 0.15) is 23.1 Å². The maximum Gasteiger partial charge on any atom is 0.265 e. The fourth-order valence-electron chi connectivity index (χ4n) is 4.11. The first-order chi connectivity index (χ1) is 16.7. The molecule has 0 aromatic heterocycles. The molecule has 0 saturated heterocycles. The molecule has 7 nitrogen and oxygen atoms in total. The highest BCUT2D eigenvalue weighted by Crippen LogP contribution is 2.38. The summed E-state index contributed by atoms with van der Waals surface area (Å²) < 4.78 is 28.9. The van der Waals surface area contributed by atoms with E-state index in [1.165, 1.54) is 6.07 Å². The lowest BCUT2D eigenvalue weighted by Crippen LogP contribution is -2.53. The quantitative estimate of drug-likeness (QED) is 0.496. The van der Waals surface area contributed by atoms with E-state index in [-0.39, 0.29) is 11.3 Å². The number of para-hydroxylation sites is 2. The number of carbonyl (C=O) groups excluding carboxylic acids is 2. The van der Waals surface area contributed by atoms with Crippen LogP contribution in [0.15, 0.2) is 71.6 Å². The van der Waals surface area contributed by atoms with E-state index in [0.717, 1.165) is 9.87 Å². The second kappa shape index (κ2) is 10.1. The predicted octanol–water partition coefficient (Wildman–Crippen LogP) is 4.22. The molecular weight excluding hydrogens is 486 g/mol. The van der Waals surface area contributed by atoms with Gasteiger partial charge in [0.05, 0.1) is 22.7 Å². The number of aryl methyl sites for hydroxylation is 2. The van der Waals surface area contributed by atoms with Gasteiger partial charge in [0.25, 0.3) is 10.0 Å². The SMILES string of the molecule is Cc1cc(S(=O)(=O)N2c3ccccc3NC(=O)[C@H]2CC(=O)NCCc2ccccc2)c(C)cc1Cl. The van der Waals surface area contributed by atoms with E-state index in [2.05, 4.69) is 10.6 Å². The minimum atomic E-state index is -4.20. The molecule has 0 fully saturated rings. The van der Waals surface area contributed by atoms with E-state index in [9.17, 15) is 18.0 Å². The molecule has 1 atom stereocenters. The average Bonchev–Trinajstić information content (AvgIpc) is 2.82. The molecular formula is C26H26ClN3O4S. The number of anilines is 2. The predicted molar refractivity (Wildman–Crippen MR) is 137 cm³/mol. The van der Waals surface area contributed by atoms with E-state index in [1.807, 2.05) is 30.3 Å². The zero-order chi connectivity index (χ0) is 25.2. The van der Waals surface area contributed by atoms with Crippen molar-refractivity contribution in [2.75, 3.05) is 16.2 Å². The van der Waals surface area contributed by atoms with Gasteiger partial charge in [-0.1, -0.05) is 54.1 Å². The van der Waals surface area contributed by atoms with Crippen LogP contribution in [0.3, 0.4) is 0 Å². The van der Waals surface area contributed by atoms with Crippen molar-refractivity contribution in [2.45, 2.75) is 37.6 Å². The standard InChI is InChI=1S/C26H26ClN3O4S/c1-17-15-24(18(2)14-20(17)27)35(33,34)30-22-11-7-6-10-21(22)29-26(32)23(30)16-25(31)28-13-12-19-8-4-3-5-9-19/h3-11,14-15,23H,12-13,16H2,1-2H3,(H,28,31)(H,29,32)/t23-/m1/s1. The molecule has 9 heteroatoms. The largest absolute Gasteiger partial charge is 0.356 e. The van der Waals surface area contributed by atoms with Crippen molar-refractivity contribution in [1.82, 2.24) is 5.32 Å². The Bertz CT molecular complexity index is 1380. The molecule has 0 saturated carbocycles. The lowest BCUT2D eigenvalue weighted by Gasteiger charge is -2.37.